The zero-order chi connectivity index (χ0) is 21.7. The molecular weight excluding hydrogens is 382 g/mol. The van der Waals surface area contributed by atoms with Crippen LogP contribution in [0.3, 0.4) is 0 Å². The summed E-state index contributed by atoms with van der Waals surface area (Å²) in [6.45, 7) is 15.4. The Morgan fingerprint density at radius 3 is 2.17 bits per heavy atom. The molecular formula is C22H37N5O3. The normalized spacial score (nSPS) is 18.3. The van der Waals surface area contributed by atoms with Crippen LogP contribution >= 0.6 is 0 Å². The van der Waals surface area contributed by atoms with Crippen molar-refractivity contribution < 1.29 is 14.3 Å². The topological polar surface area (TPSA) is 70.9 Å². The van der Waals surface area contributed by atoms with Crippen molar-refractivity contribution in [3.63, 3.8) is 0 Å². The Hall–Kier alpha value is -1.93. The predicted octanol–water partition coefficient (Wildman–Crippen LogP) is 1.09. The SMILES string of the molecule is Cc1nn(CC(C)C)c(C)c1CCC(=O)N1CCN(C(=O)CN2CCOCC2)CC1. The van der Waals surface area contributed by atoms with Gasteiger partial charge in [0.25, 0.3) is 0 Å². The van der Waals surface area contributed by atoms with Gasteiger partial charge in [0.1, 0.15) is 0 Å². The van der Waals surface area contributed by atoms with Crippen LogP contribution in [-0.2, 0) is 27.3 Å². The average molecular weight is 420 g/mol. The third-order valence-electron chi connectivity index (χ3n) is 6.11. The van der Waals surface area contributed by atoms with Gasteiger partial charge in [0, 0.05) is 57.9 Å². The fraction of sp³-hybridized carbons (Fsp3) is 0.773. The minimum absolute atomic E-state index is 0.160. The summed E-state index contributed by atoms with van der Waals surface area (Å²) in [5.74, 6) is 0.873. The van der Waals surface area contributed by atoms with Gasteiger partial charge in [-0.05, 0) is 31.7 Å². The zero-order valence-electron chi connectivity index (χ0n) is 19.0. The minimum Gasteiger partial charge on any atom is -0.379 e. The molecule has 2 amide bonds. The summed E-state index contributed by atoms with van der Waals surface area (Å²) in [6, 6.07) is 0. The standard InChI is InChI=1S/C22H37N5O3/c1-17(2)15-27-19(4)20(18(3)23-27)5-6-21(28)25-7-9-26(10-8-25)22(29)16-24-11-13-30-14-12-24/h17H,5-16H2,1-4H3. The van der Waals surface area contributed by atoms with E-state index in [1.807, 2.05) is 16.7 Å². The molecule has 2 aliphatic rings. The third-order valence-corrected chi connectivity index (χ3v) is 6.11. The van der Waals surface area contributed by atoms with Crippen LogP contribution in [0.2, 0.25) is 0 Å². The van der Waals surface area contributed by atoms with Crippen molar-refractivity contribution in [2.45, 2.75) is 47.1 Å². The lowest BCUT2D eigenvalue weighted by molar-refractivity contribution is -0.140. The van der Waals surface area contributed by atoms with Gasteiger partial charge in [-0.1, -0.05) is 13.8 Å². The largest absolute Gasteiger partial charge is 0.379 e. The quantitative estimate of drug-likeness (QED) is 0.662. The monoisotopic (exact) mass is 419 g/mol. The summed E-state index contributed by atoms with van der Waals surface area (Å²) in [6.07, 6.45) is 1.22. The first-order chi connectivity index (χ1) is 14.3. The number of amides is 2. The van der Waals surface area contributed by atoms with Crippen LogP contribution in [0.25, 0.3) is 0 Å². The van der Waals surface area contributed by atoms with Crippen molar-refractivity contribution >= 4 is 11.8 Å². The van der Waals surface area contributed by atoms with Gasteiger partial charge in [-0.2, -0.15) is 5.10 Å². The Morgan fingerprint density at radius 1 is 0.967 bits per heavy atom. The van der Waals surface area contributed by atoms with Crippen molar-refractivity contribution in [3.05, 3.63) is 17.0 Å². The predicted molar refractivity (Wildman–Crippen MR) is 115 cm³/mol. The molecule has 0 radical (unpaired) electrons. The maximum Gasteiger partial charge on any atom is 0.236 e. The molecule has 0 aromatic carbocycles. The molecule has 0 unspecified atom stereocenters. The molecule has 3 rings (SSSR count). The molecule has 2 aliphatic heterocycles. The van der Waals surface area contributed by atoms with Crippen molar-refractivity contribution in [1.29, 1.82) is 0 Å². The van der Waals surface area contributed by atoms with E-state index in [1.165, 1.54) is 11.3 Å². The molecule has 0 N–H and O–H groups in total. The molecule has 1 aromatic heterocycles. The van der Waals surface area contributed by atoms with Crippen LogP contribution in [0.4, 0.5) is 0 Å². The first-order valence-electron chi connectivity index (χ1n) is 11.2. The second kappa shape index (κ2) is 10.4. The smallest absolute Gasteiger partial charge is 0.236 e. The van der Waals surface area contributed by atoms with Gasteiger partial charge in [0.2, 0.25) is 11.8 Å². The summed E-state index contributed by atoms with van der Waals surface area (Å²) in [5.41, 5.74) is 3.40. The number of ether oxygens (including phenoxy) is 1. The molecule has 2 saturated heterocycles. The molecule has 30 heavy (non-hydrogen) atoms. The number of aromatic nitrogens is 2. The van der Waals surface area contributed by atoms with Crippen LogP contribution in [0.5, 0.6) is 0 Å². The van der Waals surface area contributed by atoms with E-state index in [-0.39, 0.29) is 11.8 Å². The molecule has 2 fully saturated rings. The van der Waals surface area contributed by atoms with Crippen LogP contribution < -0.4 is 0 Å². The molecule has 0 saturated carbocycles. The number of morpholine rings is 1. The Balaban J connectivity index is 1.44. The summed E-state index contributed by atoms with van der Waals surface area (Å²) in [5, 5.41) is 4.65. The van der Waals surface area contributed by atoms with Crippen LogP contribution in [0, 0.1) is 19.8 Å². The molecule has 8 heteroatoms. The first kappa shape index (κ1) is 22.7. The Kier molecular flexibility index (Phi) is 7.88. The van der Waals surface area contributed by atoms with Crippen LogP contribution in [-0.4, -0.2) is 95.3 Å². The number of aryl methyl sites for hydroxylation is 1. The Morgan fingerprint density at radius 2 is 1.57 bits per heavy atom. The van der Waals surface area contributed by atoms with E-state index in [1.54, 1.807) is 0 Å². The third kappa shape index (κ3) is 5.82. The highest BCUT2D eigenvalue weighted by molar-refractivity contribution is 5.79. The van der Waals surface area contributed by atoms with Gasteiger partial charge in [-0.15, -0.1) is 0 Å². The van der Waals surface area contributed by atoms with E-state index in [0.717, 1.165) is 31.7 Å². The summed E-state index contributed by atoms with van der Waals surface area (Å²) >= 11 is 0. The molecule has 0 bridgehead atoms. The van der Waals surface area contributed by atoms with Gasteiger partial charge in [0.05, 0.1) is 25.5 Å². The number of rotatable bonds is 7. The van der Waals surface area contributed by atoms with Gasteiger partial charge in [-0.3, -0.25) is 19.2 Å². The number of carbonyl (C=O) groups is 2. The van der Waals surface area contributed by atoms with E-state index in [9.17, 15) is 9.59 Å². The molecule has 168 valence electrons. The summed E-state index contributed by atoms with van der Waals surface area (Å²) in [7, 11) is 0. The fourth-order valence-electron chi connectivity index (χ4n) is 4.27. The van der Waals surface area contributed by atoms with E-state index < -0.39 is 0 Å². The molecule has 0 aliphatic carbocycles. The second-order valence-electron chi connectivity index (χ2n) is 8.88. The lowest BCUT2D eigenvalue weighted by Crippen LogP contribution is -2.53. The fourth-order valence-corrected chi connectivity index (χ4v) is 4.27. The van der Waals surface area contributed by atoms with Crippen LogP contribution in [0.15, 0.2) is 0 Å². The lowest BCUT2D eigenvalue weighted by Gasteiger charge is -2.36. The van der Waals surface area contributed by atoms with Crippen molar-refractivity contribution in [2.75, 3.05) is 59.0 Å². The van der Waals surface area contributed by atoms with E-state index >= 15 is 0 Å². The number of hydrogen-bond acceptors (Lipinski definition) is 5. The second-order valence-corrected chi connectivity index (χ2v) is 8.88. The molecule has 8 nitrogen and oxygen atoms in total. The highest BCUT2D eigenvalue weighted by Crippen LogP contribution is 2.17. The average Bonchev–Trinajstić information content (AvgIpc) is 2.99. The number of piperazine rings is 1. The van der Waals surface area contributed by atoms with Crippen molar-refractivity contribution in [3.8, 4) is 0 Å². The number of carbonyl (C=O) groups excluding carboxylic acids is 2. The van der Waals surface area contributed by atoms with Gasteiger partial charge < -0.3 is 14.5 Å². The Bertz CT molecular complexity index is 731. The van der Waals surface area contributed by atoms with Crippen LogP contribution in [0.1, 0.15) is 37.2 Å². The molecule has 0 atom stereocenters. The maximum atomic E-state index is 12.7. The van der Waals surface area contributed by atoms with Crippen molar-refractivity contribution in [2.24, 2.45) is 5.92 Å². The minimum atomic E-state index is 0.160. The Labute approximate surface area is 180 Å². The van der Waals surface area contributed by atoms with Gasteiger partial charge in [-0.25, -0.2) is 0 Å². The highest BCUT2D eigenvalue weighted by atomic mass is 16.5. The molecule has 0 spiro atoms. The molecule has 1 aromatic rings. The van der Waals surface area contributed by atoms with Gasteiger partial charge >= 0.3 is 0 Å². The first-order valence-corrected chi connectivity index (χ1v) is 11.2. The maximum absolute atomic E-state index is 12.7. The van der Waals surface area contributed by atoms with E-state index in [0.29, 0.717) is 58.3 Å². The summed E-state index contributed by atoms with van der Waals surface area (Å²) < 4.78 is 7.41. The van der Waals surface area contributed by atoms with Crippen molar-refractivity contribution in [1.82, 2.24) is 24.5 Å². The lowest BCUT2D eigenvalue weighted by atomic mass is 10.1. The number of hydrogen-bond donors (Lipinski definition) is 0. The molecule has 3 heterocycles. The highest BCUT2D eigenvalue weighted by Gasteiger charge is 2.26. The summed E-state index contributed by atoms with van der Waals surface area (Å²) in [4.78, 5) is 31.2. The zero-order valence-corrected chi connectivity index (χ0v) is 19.0. The van der Waals surface area contributed by atoms with E-state index in [2.05, 4.69) is 35.5 Å². The van der Waals surface area contributed by atoms with E-state index in [4.69, 9.17) is 4.74 Å². The van der Waals surface area contributed by atoms with Gasteiger partial charge in [0.15, 0.2) is 0 Å². The number of nitrogens with zero attached hydrogens (tertiary/aromatic N) is 5.